The van der Waals surface area contributed by atoms with Crippen molar-refractivity contribution in [3.05, 3.63) is 29.8 Å². The zero-order valence-electron chi connectivity index (χ0n) is 16.6. The van der Waals surface area contributed by atoms with Crippen LogP contribution in [0.5, 0.6) is 0 Å². The van der Waals surface area contributed by atoms with Gasteiger partial charge in [0.25, 0.3) is 0 Å². The molecule has 1 spiro atoms. The maximum Gasteiger partial charge on any atom is 0.237 e. The molecule has 0 aromatic heterocycles. The van der Waals surface area contributed by atoms with Crippen molar-refractivity contribution in [2.45, 2.75) is 56.4 Å². The number of piperidine rings is 2. The number of anilines is 1. The van der Waals surface area contributed by atoms with Crippen molar-refractivity contribution < 1.29 is 9.59 Å². The number of amides is 2. The predicted octanol–water partition coefficient (Wildman–Crippen LogP) is 2.79. The van der Waals surface area contributed by atoms with Crippen LogP contribution in [-0.4, -0.2) is 61.4 Å². The van der Waals surface area contributed by atoms with Gasteiger partial charge in [-0.1, -0.05) is 24.6 Å². The van der Waals surface area contributed by atoms with Gasteiger partial charge < -0.3 is 14.7 Å². The van der Waals surface area contributed by atoms with Gasteiger partial charge in [-0.3, -0.25) is 9.59 Å². The van der Waals surface area contributed by atoms with E-state index in [4.69, 9.17) is 0 Å². The molecular weight excluding hydrogens is 338 g/mol. The van der Waals surface area contributed by atoms with Crippen LogP contribution in [0.15, 0.2) is 24.3 Å². The third kappa shape index (κ3) is 3.16. The van der Waals surface area contributed by atoms with E-state index in [2.05, 4.69) is 18.0 Å². The van der Waals surface area contributed by atoms with Crippen molar-refractivity contribution in [3.8, 4) is 0 Å². The molecule has 1 unspecified atom stereocenters. The molecule has 5 heteroatoms. The highest BCUT2D eigenvalue weighted by Gasteiger charge is 2.51. The minimum atomic E-state index is -0.425. The number of fused-ring (bicyclic) bond motifs is 2. The molecule has 3 heterocycles. The Morgan fingerprint density at radius 2 is 1.85 bits per heavy atom. The number of likely N-dealkylation sites (tertiary alicyclic amines) is 2. The van der Waals surface area contributed by atoms with Crippen LogP contribution in [0.2, 0.25) is 0 Å². The Bertz CT molecular complexity index is 724. The molecule has 0 N–H and O–H groups in total. The summed E-state index contributed by atoms with van der Waals surface area (Å²) in [7, 11) is 4.05. The van der Waals surface area contributed by atoms with E-state index in [1.807, 2.05) is 30.1 Å². The fraction of sp³-hybridized carbons (Fsp3) is 0.636. The van der Waals surface area contributed by atoms with Gasteiger partial charge in [0.15, 0.2) is 0 Å². The van der Waals surface area contributed by atoms with Crippen molar-refractivity contribution in [1.82, 2.24) is 9.80 Å². The highest BCUT2D eigenvalue weighted by Crippen LogP contribution is 2.47. The topological polar surface area (TPSA) is 43.9 Å². The first-order chi connectivity index (χ1) is 13.0. The molecule has 4 rings (SSSR count). The normalized spacial score (nSPS) is 25.1. The molecule has 0 saturated carbocycles. The molecule has 146 valence electrons. The maximum absolute atomic E-state index is 13.0. The third-order valence-corrected chi connectivity index (χ3v) is 7.08. The monoisotopic (exact) mass is 369 g/mol. The van der Waals surface area contributed by atoms with Crippen LogP contribution < -0.4 is 4.90 Å². The van der Waals surface area contributed by atoms with E-state index >= 15 is 0 Å². The lowest BCUT2D eigenvalue weighted by Gasteiger charge is -2.39. The molecule has 2 saturated heterocycles. The van der Waals surface area contributed by atoms with Crippen LogP contribution in [0.25, 0.3) is 0 Å². The molecule has 5 nitrogen and oxygen atoms in total. The van der Waals surface area contributed by atoms with Crippen LogP contribution >= 0.6 is 0 Å². The zero-order chi connectivity index (χ0) is 19.0. The number of rotatable bonds is 3. The fourth-order valence-electron chi connectivity index (χ4n) is 5.29. The Morgan fingerprint density at radius 1 is 1.11 bits per heavy atom. The van der Waals surface area contributed by atoms with Crippen LogP contribution in [0.3, 0.4) is 0 Å². The molecule has 0 bridgehead atoms. The van der Waals surface area contributed by atoms with Gasteiger partial charge >= 0.3 is 0 Å². The number of carbonyl (C=O) groups is 2. The van der Waals surface area contributed by atoms with Crippen molar-refractivity contribution >= 4 is 17.5 Å². The molecule has 1 aromatic rings. The summed E-state index contributed by atoms with van der Waals surface area (Å²) >= 11 is 0. The van der Waals surface area contributed by atoms with Crippen molar-refractivity contribution in [3.63, 3.8) is 0 Å². The number of hydrogen-bond acceptors (Lipinski definition) is 3. The molecule has 1 aromatic carbocycles. The second kappa shape index (κ2) is 7.27. The van der Waals surface area contributed by atoms with E-state index < -0.39 is 5.41 Å². The number of carbonyl (C=O) groups excluding carboxylic acids is 2. The Hall–Kier alpha value is -1.88. The highest BCUT2D eigenvalue weighted by molar-refractivity contribution is 6.07. The molecule has 1 atom stereocenters. The number of nitrogens with zero attached hydrogens (tertiary/aromatic N) is 3. The summed E-state index contributed by atoms with van der Waals surface area (Å²) in [6.07, 6.45) is 6.84. The molecule has 27 heavy (non-hydrogen) atoms. The van der Waals surface area contributed by atoms with Gasteiger partial charge in [-0.25, -0.2) is 0 Å². The summed E-state index contributed by atoms with van der Waals surface area (Å²) in [6, 6.07) is 8.68. The lowest BCUT2D eigenvalue weighted by Crippen LogP contribution is -2.49. The van der Waals surface area contributed by atoms with Crippen LogP contribution in [0.1, 0.15) is 50.5 Å². The molecule has 2 amide bonds. The van der Waals surface area contributed by atoms with Crippen LogP contribution in [-0.2, 0) is 15.0 Å². The lowest BCUT2D eigenvalue weighted by atomic mass is 9.73. The summed E-state index contributed by atoms with van der Waals surface area (Å²) in [6.45, 7) is 2.53. The second-order valence-corrected chi connectivity index (χ2v) is 8.51. The van der Waals surface area contributed by atoms with Gasteiger partial charge in [0.05, 0.1) is 5.41 Å². The fourth-order valence-corrected chi connectivity index (χ4v) is 5.29. The summed E-state index contributed by atoms with van der Waals surface area (Å²) in [5.41, 5.74) is 1.75. The van der Waals surface area contributed by atoms with Gasteiger partial charge in [-0.15, -0.1) is 0 Å². The summed E-state index contributed by atoms with van der Waals surface area (Å²) in [4.78, 5) is 31.9. The first-order valence-corrected chi connectivity index (χ1v) is 10.4. The Balaban J connectivity index is 1.38. The van der Waals surface area contributed by atoms with E-state index in [0.717, 1.165) is 37.1 Å². The standard InChI is InChI=1S/C22H31N3O2/c1-23-14-6-5-7-17(23)10-11-20(26)25-15-12-22(13-16-25)18-8-3-4-9-19(18)24(2)21(22)27/h3-4,8-9,17H,5-7,10-16H2,1-2H3. The summed E-state index contributed by atoms with van der Waals surface area (Å²) in [5.74, 6) is 0.454. The maximum atomic E-state index is 13.0. The molecular formula is C22H31N3O2. The van der Waals surface area contributed by atoms with Gasteiger partial charge in [0.1, 0.15) is 0 Å². The first kappa shape index (κ1) is 18.5. The Morgan fingerprint density at radius 3 is 2.59 bits per heavy atom. The van der Waals surface area contributed by atoms with Crippen molar-refractivity contribution in [1.29, 1.82) is 0 Å². The van der Waals surface area contributed by atoms with Crippen LogP contribution in [0, 0.1) is 0 Å². The Kier molecular flexibility index (Phi) is 4.97. The summed E-state index contributed by atoms with van der Waals surface area (Å²) < 4.78 is 0. The minimum absolute atomic E-state index is 0.194. The largest absolute Gasteiger partial charge is 0.343 e. The zero-order valence-corrected chi connectivity index (χ0v) is 16.6. The van der Waals surface area contributed by atoms with E-state index in [-0.39, 0.29) is 11.8 Å². The smallest absolute Gasteiger partial charge is 0.237 e. The molecule has 0 aliphatic carbocycles. The van der Waals surface area contributed by atoms with E-state index in [1.165, 1.54) is 19.3 Å². The Labute approximate surface area is 162 Å². The lowest BCUT2D eigenvalue weighted by molar-refractivity contribution is -0.135. The summed E-state index contributed by atoms with van der Waals surface area (Å²) in [5, 5.41) is 0. The number of para-hydroxylation sites is 1. The van der Waals surface area contributed by atoms with Gasteiger partial charge in [0.2, 0.25) is 11.8 Å². The van der Waals surface area contributed by atoms with E-state index in [1.54, 1.807) is 4.90 Å². The van der Waals surface area contributed by atoms with Crippen LogP contribution in [0.4, 0.5) is 5.69 Å². The first-order valence-electron chi connectivity index (χ1n) is 10.4. The third-order valence-electron chi connectivity index (χ3n) is 7.08. The number of likely N-dealkylation sites (N-methyl/N-ethyl adjacent to an activating group) is 1. The predicted molar refractivity (Wildman–Crippen MR) is 107 cm³/mol. The SMILES string of the molecule is CN1C(=O)C2(CCN(C(=O)CCC3CCCCN3C)CC2)c2ccccc21. The molecule has 3 aliphatic heterocycles. The average molecular weight is 370 g/mol. The molecule has 0 radical (unpaired) electrons. The van der Waals surface area contributed by atoms with Gasteiger partial charge in [-0.05, 0) is 57.3 Å². The number of benzene rings is 1. The van der Waals surface area contributed by atoms with E-state index in [0.29, 0.717) is 25.6 Å². The van der Waals surface area contributed by atoms with Gasteiger partial charge in [0, 0.05) is 38.3 Å². The second-order valence-electron chi connectivity index (χ2n) is 8.51. The van der Waals surface area contributed by atoms with E-state index in [9.17, 15) is 9.59 Å². The minimum Gasteiger partial charge on any atom is -0.343 e. The van der Waals surface area contributed by atoms with Crippen molar-refractivity contribution in [2.75, 3.05) is 38.6 Å². The highest BCUT2D eigenvalue weighted by atomic mass is 16.2. The quantitative estimate of drug-likeness (QED) is 0.823. The van der Waals surface area contributed by atoms with Gasteiger partial charge in [-0.2, -0.15) is 0 Å². The van der Waals surface area contributed by atoms with Crippen molar-refractivity contribution in [2.24, 2.45) is 0 Å². The average Bonchev–Trinajstić information content (AvgIpc) is 2.90. The number of hydrogen-bond donors (Lipinski definition) is 0. The molecule has 3 aliphatic rings. The molecule has 2 fully saturated rings.